The van der Waals surface area contributed by atoms with Crippen LogP contribution in [0.1, 0.15) is 38.5 Å². The highest BCUT2D eigenvalue weighted by molar-refractivity contribution is 6.01. The summed E-state index contributed by atoms with van der Waals surface area (Å²) in [5.74, 6) is 0.922. The van der Waals surface area contributed by atoms with E-state index in [0.29, 0.717) is 17.1 Å². The molecular formula is C18H18N4O. The summed E-state index contributed by atoms with van der Waals surface area (Å²) in [7, 11) is 0. The van der Waals surface area contributed by atoms with Gasteiger partial charge in [-0.3, -0.25) is 4.79 Å². The monoisotopic (exact) mass is 306 g/mol. The van der Waals surface area contributed by atoms with E-state index in [2.05, 4.69) is 25.6 Å². The Morgan fingerprint density at radius 1 is 1.30 bits per heavy atom. The predicted molar refractivity (Wildman–Crippen MR) is 86.0 cm³/mol. The number of carbonyl (C=O) groups excluding carboxylic acids is 1. The molecular weight excluding hydrogens is 288 g/mol. The molecule has 0 radical (unpaired) electrons. The fraction of sp³-hybridized carbons (Fsp3) is 0.500. The normalized spacial score (nSPS) is 32.0. The van der Waals surface area contributed by atoms with Crippen molar-refractivity contribution in [2.24, 2.45) is 11.3 Å². The lowest BCUT2D eigenvalue weighted by atomic mass is 9.38. The summed E-state index contributed by atoms with van der Waals surface area (Å²) in [4.78, 5) is 24.3. The van der Waals surface area contributed by atoms with Crippen molar-refractivity contribution >= 4 is 27.9 Å². The molecule has 1 N–H and O–H groups in total. The molecule has 0 spiro atoms. The minimum atomic E-state index is 0.199. The van der Waals surface area contributed by atoms with Crippen LogP contribution in [0.2, 0.25) is 0 Å². The zero-order chi connectivity index (χ0) is 15.2. The SMILES string of the molecule is O=C(CC12CC(n3cnc4cnc5[nH]ccc5c43)(C1)C2)C1CC1. The number of rotatable bonds is 4. The topological polar surface area (TPSA) is 63.6 Å². The van der Waals surface area contributed by atoms with Gasteiger partial charge in [-0.15, -0.1) is 0 Å². The smallest absolute Gasteiger partial charge is 0.139 e. The first-order valence-corrected chi connectivity index (χ1v) is 8.51. The predicted octanol–water partition coefficient (Wildman–Crippen LogP) is 3.16. The molecule has 7 rings (SSSR count). The van der Waals surface area contributed by atoms with Crippen LogP contribution >= 0.6 is 0 Å². The van der Waals surface area contributed by atoms with Crippen molar-refractivity contribution in [2.45, 2.75) is 44.1 Å². The van der Waals surface area contributed by atoms with Crippen molar-refractivity contribution in [2.75, 3.05) is 0 Å². The number of hydrogen-bond acceptors (Lipinski definition) is 3. The molecule has 4 saturated carbocycles. The number of H-pyrrole nitrogens is 1. The molecule has 5 nitrogen and oxygen atoms in total. The summed E-state index contributed by atoms with van der Waals surface area (Å²) < 4.78 is 2.36. The van der Waals surface area contributed by atoms with E-state index in [1.807, 2.05) is 18.7 Å². The molecule has 116 valence electrons. The van der Waals surface area contributed by atoms with Crippen molar-refractivity contribution in [1.29, 1.82) is 0 Å². The van der Waals surface area contributed by atoms with Crippen LogP contribution in [0, 0.1) is 11.3 Å². The Kier molecular flexibility index (Phi) is 1.95. The minimum Gasteiger partial charge on any atom is -0.346 e. The van der Waals surface area contributed by atoms with Gasteiger partial charge in [0.15, 0.2) is 0 Å². The van der Waals surface area contributed by atoms with E-state index < -0.39 is 0 Å². The van der Waals surface area contributed by atoms with Crippen LogP contribution in [-0.4, -0.2) is 25.3 Å². The largest absolute Gasteiger partial charge is 0.346 e. The lowest BCUT2D eigenvalue weighted by Gasteiger charge is -2.71. The first-order chi connectivity index (χ1) is 11.2. The van der Waals surface area contributed by atoms with Gasteiger partial charge in [-0.2, -0.15) is 0 Å². The quantitative estimate of drug-likeness (QED) is 0.805. The molecule has 4 aliphatic rings. The third-order valence-corrected chi connectivity index (χ3v) is 6.30. The number of nitrogens with zero attached hydrogens (tertiary/aromatic N) is 3. The van der Waals surface area contributed by atoms with Gasteiger partial charge in [-0.25, -0.2) is 9.97 Å². The Morgan fingerprint density at radius 2 is 2.13 bits per heavy atom. The third kappa shape index (κ3) is 1.45. The molecule has 0 aromatic carbocycles. The Labute approximate surface area is 133 Å². The molecule has 23 heavy (non-hydrogen) atoms. The minimum absolute atomic E-state index is 0.199. The molecule has 0 amide bonds. The van der Waals surface area contributed by atoms with E-state index in [9.17, 15) is 4.79 Å². The van der Waals surface area contributed by atoms with Gasteiger partial charge in [-0.1, -0.05) is 0 Å². The number of nitrogens with one attached hydrogen (secondary N) is 1. The van der Waals surface area contributed by atoms with Crippen LogP contribution < -0.4 is 0 Å². The molecule has 4 aliphatic carbocycles. The molecule has 0 saturated heterocycles. The molecule has 3 heterocycles. The maximum atomic E-state index is 12.2. The molecule has 2 bridgehead atoms. The summed E-state index contributed by atoms with van der Waals surface area (Å²) in [5.41, 5.74) is 3.58. The number of fused-ring (bicyclic) bond motifs is 3. The molecule has 0 aliphatic heterocycles. The van der Waals surface area contributed by atoms with E-state index >= 15 is 0 Å². The number of ketones is 1. The number of pyridine rings is 1. The molecule has 0 atom stereocenters. The average Bonchev–Trinajstić information content (AvgIpc) is 3.06. The van der Waals surface area contributed by atoms with E-state index in [-0.39, 0.29) is 5.54 Å². The standard InChI is InChI=1S/C18H18N4O/c23-14(11-1-2-11)5-17-7-18(8-17,9-17)22-10-21-13-6-20-16-12(15(13)22)3-4-19-16/h3-4,6,10-11H,1-2,5,7-9H2,(H,19,20). The summed E-state index contributed by atoms with van der Waals surface area (Å²) in [5, 5.41) is 1.15. The second-order valence-electron chi connectivity index (χ2n) is 8.02. The fourth-order valence-electron chi connectivity index (χ4n) is 5.17. The Balaban J connectivity index is 1.37. The molecule has 0 unspecified atom stereocenters. The highest BCUT2D eigenvalue weighted by Gasteiger charge is 2.69. The Morgan fingerprint density at radius 3 is 2.91 bits per heavy atom. The fourth-order valence-corrected chi connectivity index (χ4v) is 5.17. The zero-order valence-corrected chi connectivity index (χ0v) is 12.9. The van der Waals surface area contributed by atoms with Crippen molar-refractivity contribution < 1.29 is 4.79 Å². The molecule has 4 fully saturated rings. The lowest BCUT2D eigenvalue weighted by molar-refractivity contribution is -0.191. The number of aromatic amines is 1. The second kappa shape index (κ2) is 3.66. The van der Waals surface area contributed by atoms with Gasteiger partial charge >= 0.3 is 0 Å². The van der Waals surface area contributed by atoms with Crippen molar-refractivity contribution in [1.82, 2.24) is 19.5 Å². The summed E-state index contributed by atoms with van der Waals surface area (Å²) in [6, 6.07) is 2.08. The first kappa shape index (κ1) is 12.3. The third-order valence-electron chi connectivity index (χ3n) is 6.30. The Hall–Kier alpha value is -2.17. The van der Waals surface area contributed by atoms with Crippen LogP contribution in [0.25, 0.3) is 22.1 Å². The van der Waals surface area contributed by atoms with Crippen LogP contribution in [-0.2, 0) is 10.3 Å². The van der Waals surface area contributed by atoms with Crippen LogP contribution in [0.15, 0.2) is 24.8 Å². The number of Topliss-reactive ketones (excluding diaryl/α,β-unsaturated/α-hetero) is 1. The van der Waals surface area contributed by atoms with E-state index in [1.54, 1.807) is 0 Å². The summed E-state index contributed by atoms with van der Waals surface area (Å²) in [6.45, 7) is 0. The first-order valence-electron chi connectivity index (χ1n) is 8.51. The Bertz CT molecular complexity index is 958. The van der Waals surface area contributed by atoms with Crippen molar-refractivity contribution in [3.05, 3.63) is 24.8 Å². The van der Waals surface area contributed by atoms with Gasteiger partial charge < -0.3 is 9.55 Å². The highest BCUT2D eigenvalue weighted by atomic mass is 16.1. The van der Waals surface area contributed by atoms with Crippen molar-refractivity contribution in [3.63, 3.8) is 0 Å². The zero-order valence-electron chi connectivity index (χ0n) is 12.9. The highest BCUT2D eigenvalue weighted by Crippen LogP contribution is 2.73. The number of imidazole rings is 1. The van der Waals surface area contributed by atoms with Crippen LogP contribution in [0.4, 0.5) is 0 Å². The van der Waals surface area contributed by atoms with Crippen molar-refractivity contribution in [3.8, 4) is 0 Å². The van der Waals surface area contributed by atoms with E-state index in [4.69, 9.17) is 0 Å². The maximum absolute atomic E-state index is 12.2. The second-order valence-corrected chi connectivity index (χ2v) is 8.02. The van der Waals surface area contributed by atoms with Gasteiger partial charge in [0.1, 0.15) is 16.9 Å². The molecule has 3 aromatic rings. The summed E-state index contributed by atoms with van der Waals surface area (Å²) in [6.07, 6.45) is 12.2. The molecule has 3 aromatic heterocycles. The number of aromatic nitrogens is 4. The van der Waals surface area contributed by atoms with Gasteiger partial charge in [0.05, 0.1) is 18.0 Å². The lowest BCUT2D eigenvalue weighted by Crippen LogP contribution is -2.67. The number of carbonyl (C=O) groups is 1. The summed E-state index contributed by atoms with van der Waals surface area (Å²) >= 11 is 0. The van der Waals surface area contributed by atoms with Crippen LogP contribution in [0.5, 0.6) is 0 Å². The van der Waals surface area contributed by atoms with Gasteiger partial charge in [0.25, 0.3) is 0 Å². The van der Waals surface area contributed by atoms with E-state index in [1.165, 1.54) is 5.52 Å². The van der Waals surface area contributed by atoms with Gasteiger partial charge in [0, 0.05) is 29.5 Å². The van der Waals surface area contributed by atoms with Gasteiger partial charge in [-0.05, 0) is 43.6 Å². The van der Waals surface area contributed by atoms with E-state index in [0.717, 1.165) is 55.1 Å². The average molecular weight is 306 g/mol. The van der Waals surface area contributed by atoms with Gasteiger partial charge in [0.2, 0.25) is 0 Å². The maximum Gasteiger partial charge on any atom is 0.139 e. The number of hydrogen-bond donors (Lipinski definition) is 1. The van der Waals surface area contributed by atoms with Crippen LogP contribution in [0.3, 0.4) is 0 Å². The molecule has 5 heteroatoms.